The lowest BCUT2D eigenvalue weighted by Gasteiger charge is -2.24. The molecule has 0 aliphatic heterocycles. The number of hydrogen-bond acceptors (Lipinski definition) is 3. The van der Waals surface area contributed by atoms with Crippen LogP contribution in [0.25, 0.3) is 11.0 Å². The van der Waals surface area contributed by atoms with Crippen molar-refractivity contribution in [2.24, 2.45) is 0 Å². The summed E-state index contributed by atoms with van der Waals surface area (Å²) in [5.41, 5.74) is 2.04. The van der Waals surface area contributed by atoms with E-state index in [0.717, 1.165) is 35.7 Å². The Labute approximate surface area is 114 Å². The van der Waals surface area contributed by atoms with E-state index in [1.54, 1.807) is 0 Å². The Kier molecular flexibility index (Phi) is 4.43. The standard InChI is InChI=1S/C15H23N3O/c1-5-18(6-2)11(4)15-16-13-9-8-12(19-7-3)10-14(13)17-15/h8-11H,5-7H2,1-4H3,(H,16,17). The molecule has 0 fully saturated rings. The first-order valence-electron chi connectivity index (χ1n) is 7.06. The van der Waals surface area contributed by atoms with Gasteiger partial charge in [0.15, 0.2) is 0 Å². The summed E-state index contributed by atoms with van der Waals surface area (Å²) < 4.78 is 5.52. The van der Waals surface area contributed by atoms with Gasteiger partial charge in [0.25, 0.3) is 0 Å². The normalized spacial score (nSPS) is 13.1. The maximum absolute atomic E-state index is 5.52. The lowest BCUT2D eigenvalue weighted by Crippen LogP contribution is -2.27. The Morgan fingerprint density at radius 3 is 2.63 bits per heavy atom. The number of aromatic nitrogens is 2. The molecule has 2 aromatic rings. The average molecular weight is 261 g/mol. The topological polar surface area (TPSA) is 41.1 Å². The number of H-pyrrole nitrogens is 1. The number of ether oxygens (including phenoxy) is 1. The highest BCUT2D eigenvalue weighted by molar-refractivity contribution is 5.76. The van der Waals surface area contributed by atoms with Crippen molar-refractivity contribution in [2.75, 3.05) is 19.7 Å². The van der Waals surface area contributed by atoms with Crippen LogP contribution in [0.5, 0.6) is 5.75 Å². The molecule has 0 aliphatic rings. The van der Waals surface area contributed by atoms with E-state index in [4.69, 9.17) is 4.74 Å². The van der Waals surface area contributed by atoms with Gasteiger partial charge in [-0.1, -0.05) is 13.8 Å². The van der Waals surface area contributed by atoms with Crippen LogP contribution in [0.1, 0.15) is 39.6 Å². The quantitative estimate of drug-likeness (QED) is 0.866. The number of nitrogens with zero attached hydrogens (tertiary/aromatic N) is 2. The molecule has 1 aromatic carbocycles. The Morgan fingerprint density at radius 1 is 1.26 bits per heavy atom. The van der Waals surface area contributed by atoms with Crippen molar-refractivity contribution < 1.29 is 4.74 Å². The van der Waals surface area contributed by atoms with Gasteiger partial charge in [0.1, 0.15) is 11.6 Å². The molecule has 0 saturated carbocycles. The summed E-state index contributed by atoms with van der Waals surface area (Å²) in [5, 5.41) is 0. The van der Waals surface area contributed by atoms with E-state index in [1.807, 2.05) is 25.1 Å². The first kappa shape index (κ1) is 13.9. The summed E-state index contributed by atoms with van der Waals surface area (Å²) >= 11 is 0. The van der Waals surface area contributed by atoms with Gasteiger partial charge in [-0.2, -0.15) is 0 Å². The molecular weight excluding hydrogens is 238 g/mol. The molecule has 4 nitrogen and oxygen atoms in total. The smallest absolute Gasteiger partial charge is 0.124 e. The molecule has 1 atom stereocenters. The highest BCUT2D eigenvalue weighted by atomic mass is 16.5. The Balaban J connectivity index is 2.30. The number of rotatable bonds is 6. The monoisotopic (exact) mass is 261 g/mol. The fourth-order valence-corrected chi connectivity index (χ4v) is 2.41. The lowest BCUT2D eigenvalue weighted by atomic mass is 10.2. The maximum Gasteiger partial charge on any atom is 0.124 e. The molecule has 2 rings (SSSR count). The largest absolute Gasteiger partial charge is 0.494 e. The first-order valence-corrected chi connectivity index (χ1v) is 7.06. The summed E-state index contributed by atoms with van der Waals surface area (Å²) in [4.78, 5) is 10.5. The zero-order chi connectivity index (χ0) is 13.8. The van der Waals surface area contributed by atoms with E-state index >= 15 is 0 Å². The highest BCUT2D eigenvalue weighted by Gasteiger charge is 2.16. The van der Waals surface area contributed by atoms with Gasteiger partial charge in [0.05, 0.1) is 23.7 Å². The third kappa shape index (κ3) is 2.89. The molecule has 0 spiro atoms. The van der Waals surface area contributed by atoms with Gasteiger partial charge in [0.2, 0.25) is 0 Å². The van der Waals surface area contributed by atoms with Crippen molar-refractivity contribution >= 4 is 11.0 Å². The molecular formula is C15H23N3O. The molecule has 1 unspecified atom stereocenters. The van der Waals surface area contributed by atoms with Crippen molar-refractivity contribution in [3.05, 3.63) is 24.0 Å². The summed E-state index contributed by atoms with van der Waals surface area (Å²) in [6.45, 7) is 11.3. The van der Waals surface area contributed by atoms with E-state index < -0.39 is 0 Å². The predicted molar refractivity (Wildman–Crippen MR) is 78.6 cm³/mol. The number of imidazole rings is 1. The minimum absolute atomic E-state index is 0.304. The molecule has 1 N–H and O–H groups in total. The van der Waals surface area contributed by atoms with Crippen molar-refractivity contribution in [2.45, 2.75) is 33.7 Å². The van der Waals surface area contributed by atoms with E-state index in [9.17, 15) is 0 Å². The molecule has 4 heteroatoms. The van der Waals surface area contributed by atoms with Crippen LogP contribution in [-0.4, -0.2) is 34.6 Å². The fourth-order valence-electron chi connectivity index (χ4n) is 2.41. The third-order valence-corrected chi connectivity index (χ3v) is 3.54. The van der Waals surface area contributed by atoms with Crippen LogP contribution in [0.3, 0.4) is 0 Å². The number of nitrogens with one attached hydrogen (secondary N) is 1. The van der Waals surface area contributed by atoms with Gasteiger partial charge < -0.3 is 9.72 Å². The molecule has 0 saturated heterocycles. The summed E-state index contributed by atoms with van der Waals surface area (Å²) in [6, 6.07) is 6.30. The van der Waals surface area contributed by atoms with E-state index in [-0.39, 0.29) is 0 Å². The average Bonchev–Trinajstić information content (AvgIpc) is 2.83. The molecule has 0 aliphatic carbocycles. The Bertz CT molecular complexity index is 531. The number of benzene rings is 1. The second kappa shape index (κ2) is 6.06. The van der Waals surface area contributed by atoms with Crippen LogP contribution >= 0.6 is 0 Å². The van der Waals surface area contributed by atoms with E-state index in [2.05, 4.69) is 35.6 Å². The fraction of sp³-hybridized carbons (Fsp3) is 0.533. The van der Waals surface area contributed by atoms with Crippen LogP contribution in [0.4, 0.5) is 0 Å². The van der Waals surface area contributed by atoms with Gasteiger partial charge in [-0.15, -0.1) is 0 Å². The van der Waals surface area contributed by atoms with Crippen molar-refractivity contribution in [1.29, 1.82) is 0 Å². The highest BCUT2D eigenvalue weighted by Crippen LogP contribution is 2.23. The number of fused-ring (bicyclic) bond motifs is 1. The molecule has 1 heterocycles. The SMILES string of the molecule is CCOc1ccc2nc(C(C)N(CC)CC)[nH]c2c1. The lowest BCUT2D eigenvalue weighted by molar-refractivity contribution is 0.227. The van der Waals surface area contributed by atoms with Crippen molar-refractivity contribution in [1.82, 2.24) is 14.9 Å². The van der Waals surface area contributed by atoms with Gasteiger partial charge in [-0.3, -0.25) is 4.90 Å². The first-order chi connectivity index (χ1) is 9.19. The van der Waals surface area contributed by atoms with Gasteiger partial charge in [0, 0.05) is 6.07 Å². The van der Waals surface area contributed by atoms with Gasteiger partial charge in [-0.05, 0) is 39.1 Å². The van der Waals surface area contributed by atoms with Crippen LogP contribution < -0.4 is 4.74 Å². The zero-order valence-corrected chi connectivity index (χ0v) is 12.2. The van der Waals surface area contributed by atoms with E-state index in [1.165, 1.54) is 0 Å². The van der Waals surface area contributed by atoms with Crippen LogP contribution in [0.15, 0.2) is 18.2 Å². The molecule has 0 bridgehead atoms. The summed E-state index contributed by atoms with van der Waals surface area (Å²) in [7, 11) is 0. The van der Waals surface area contributed by atoms with Gasteiger partial charge >= 0.3 is 0 Å². The molecule has 104 valence electrons. The second-order valence-corrected chi connectivity index (χ2v) is 4.63. The molecule has 1 aromatic heterocycles. The number of hydrogen-bond donors (Lipinski definition) is 1. The maximum atomic E-state index is 5.52. The zero-order valence-electron chi connectivity index (χ0n) is 12.2. The minimum atomic E-state index is 0.304. The molecule has 0 radical (unpaired) electrons. The van der Waals surface area contributed by atoms with Crippen LogP contribution in [0.2, 0.25) is 0 Å². The van der Waals surface area contributed by atoms with Crippen molar-refractivity contribution in [3.63, 3.8) is 0 Å². The Hall–Kier alpha value is -1.55. The van der Waals surface area contributed by atoms with Crippen LogP contribution in [-0.2, 0) is 0 Å². The van der Waals surface area contributed by atoms with Crippen molar-refractivity contribution in [3.8, 4) is 5.75 Å². The minimum Gasteiger partial charge on any atom is -0.494 e. The van der Waals surface area contributed by atoms with Gasteiger partial charge in [-0.25, -0.2) is 4.98 Å². The van der Waals surface area contributed by atoms with E-state index in [0.29, 0.717) is 12.6 Å². The Morgan fingerprint density at radius 2 is 2.00 bits per heavy atom. The molecule has 0 amide bonds. The third-order valence-electron chi connectivity index (χ3n) is 3.54. The number of aromatic amines is 1. The summed E-state index contributed by atoms with van der Waals surface area (Å²) in [6.07, 6.45) is 0. The second-order valence-electron chi connectivity index (χ2n) is 4.63. The predicted octanol–water partition coefficient (Wildman–Crippen LogP) is 3.36. The van der Waals surface area contributed by atoms with Crippen LogP contribution in [0, 0.1) is 0 Å². The molecule has 19 heavy (non-hydrogen) atoms. The summed E-state index contributed by atoms with van der Waals surface area (Å²) in [5.74, 6) is 1.91.